The van der Waals surface area contributed by atoms with Gasteiger partial charge in [-0.15, -0.1) is 0 Å². The summed E-state index contributed by atoms with van der Waals surface area (Å²) in [6.45, 7) is 2.33. The number of amides is 1. The van der Waals surface area contributed by atoms with E-state index in [1.54, 1.807) is 37.3 Å². The average Bonchev–Trinajstić information content (AvgIpc) is 3.22. The molecule has 0 unspecified atom stereocenters. The van der Waals surface area contributed by atoms with Crippen molar-refractivity contribution in [3.05, 3.63) is 98.2 Å². The van der Waals surface area contributed by atoms with Crippen LogP contribution in [0.25, 0.3) is 11.3 Å². The van der Waals surface area contributed by atoms with Crippen LogP contribution in [-0.2, 0) is 4.79 Å². The zero-order valence-corrected chi connectivity index (χ0v) is 23.4. The van der Waals surface area contributed by atoms with Crippen molar-refractivity contribution in [1.29, 1.82) is 0 Å². The van der Waals surface area contributed by atoms with Crippen molar-refractivity contribution in [2.75, 3.05) is 18.5 Å². The lowest BCUT2D eigenvalue weighted by Gasteiger charge is -2.25. The molecule has 2 atom stereocenters. The second-order valence-electron chi connectivity index (χ2n) is 9.06. The summed E-state index contributed by atoms with van der Waals surface area (Å²) in [5.41, 5.74) is 0.713. The fraction of sp³-hybridized carbons (Fsp3) is 0.241. The van der Waals surface area contributed by atoms with E-state index in [2.05, 4.69) is 10.3 Å². The van der Waals surface area contributed by atoms with E-state index in [0.29, 0.717) is 34.3 Å². The number of imidazole rings is 1. The lowest BCUT2D eigenvalue weighted by molar-refractivity contribution is -0.120. The van der Waals surface area contributed by atoms with Gasteiger partial charge in [-0.05, 0) is 83.5 Å². The summed E-state index contributed by atoms with van der Waals surface area (Å²) in [6.07, 6.45) is 1.36. The molecule has 10 heteroatoms. The van der Waals surface area contributed by atoms with Crippen LogP contribution < -0.4 is 15.7 Å². The van der Waals surface area contributed by atoms with Crippen LogP contribution in [0.1, 0.15) is 37.3 Å². The summed E-state index contributed by atoms with van der Waals surface area (Å²) < 4.78 is 21.9. The van der Waals surface area contributed by atoms with Crippen molar-refractivity contribution in [3.8, 4) is 22.9 Å². The maximum Gasteiger partial charge on any atom is 0.329 e. The normalized spacial score (nSPS) is 12.6. The number of carbonyl (C=O) groups is 1. The molecular formula is C29H29FIN3O5. The second-order valence-corrected chi connectivity index (χ2v) is 10.3. The number of benzene rings is 3. The monoisotopic (exact) mass is 645 g/mol. The third kappa shape index (κ3) is 6.69. The molecule has 0 saturated carbocycles. The van der Waals surface area contributed by atoms with Crippen molar-refractivity contribution in [1.82, 2.24) is 9.55 Å². The lowest BCUT2D eigenvalue weighted by Crippen LogP contribution is -2.35. The van der Waals surface area contributed by atoms with Gasteiger partial charge in [0.1, 0.15) is 23.3 Å². The number of aromatic amines is 1. The molecule has 1 heterocycles. The van der Waals surface area contributed by atoms with E-state index < -0.39 is 35.3 Å². The molecule has 204 valence electrons. The van der Waals surface area contributed by atoms with Crippen LogP contribution in [0.5, 0.6) is 11.6 Å². The summed E-state index contributed by atoms with van der Waals surface area (Å²) in [6, 6.07) is 19.1. The van der Waals surface area contributed by atoms with E-state index in [0.717, 1.165) is 10.1 Å². The number of rotatable bonds is 11. The Morgan fingerprint density at radius 3 is 2.49 bits per heavy atom. The number of aliphatic hydroxyl groups excluding tert-OH is 1. The predicted octanol–water partition coefficient (Wildman–Crippen LogP) is 5.43. The number of nitrogens with one attached hydrogen (secondary N) is 2. The highest BCUT2D eigenvalue weighted by Gasteiger charge is 2.33. The van der Waals surface area contributed by atoms with Gasteiger partial charge in [0.15, 0.2) is 0 Å². The molecule has 0 fully saturated rings. The largest absolute Gasteiger partial charge is 0.494 e. The van der Waals surface area contributed by atoms with Crippen LogP contribution in [0.4, 0.5) is 10.1 Å². The van der Waals surface area contributed by atoms with Crippen molar-refractivity contribution in [2.45, 2.75) is 31.7 Å². The van der Waals surface area contributed by atoms with Gasteiger partial charge in [0.05, 0.1) is 12.3 Å². The predicted molar refractivity (Wildman–Crippen MR) is 156 cm³/mol. The van der Waals surface area contributed by atoms with E-state index in [9.17, 15) is 19.1 Å². The fourth-order valence-corrected chi connectivity index (χ4v) is 4.78. The molecule has 0 bridgehead atoms. The first kappa shape index (κ1) is 28.4. The van der Waals surface area contributed by atoms with Gasteiger partial charge in [0.25, 0.3) is 0 Å². The third-order valence-electron chi connectivity index (χ3n) is 6.40. The first-order valence-corrected chi connectivity index (χ1v) is 13.6. The smallest absolute Gasteiger partial charge is 0.329 e. The molecule has 0 radical (unpaired) electrons. The molecule has 1 aromatic heterocycles. The Hall–Kier alpha value is -3.64. The molecule has 0 spiro atoms. The maximum atomic E-state index is 14.6. The molecule has 3 aromatic carbocycles. The number of hydrogen-bond acceptors (Lipinski definition) is 5. The summed E-state index contributed by atoms with van der Waals surface area (Å²) in [7, 11) is 0. The maximum absolute atomic E-state index is 14.6. The third-order valence-corrected chi connectivity index (χ3v) is 7.07. The highest BCUT2D eigenvalue weighted by molar-refractivity contribution is 14.1. The summed E-state index contributed by atoms with van der Waals surface area (Å²) >= 11 is 1.97. The Morgan fingerprint density at radius 1 is 1.10 bits per heavy atom. The van der Waals surface area contributed by atoms with Gasteiger partial charge >= 0.3 is 5.69 Å². The van der Waals surface area contributed by atoms with Gasteiger partial charge < -0.3 is 25.3 Å². The highest BCUT2D eigenvalue weighted by Crippen LogP contribution is 2.36. The van der Waals surface area contributed by atoms with Gasteiger partial charge in [-0.3, -0.25) is 4.79 Å². The van der Waals surface area contributed by atoms with E-state index in [4.69, 9.17) is 9.84 Å². The van der Waals surface area contributed by atoms with E-state index in [-0.39, 0.29) is 18.0 Å². The highest BCUT2D eigenvalue weighted by atomic mass is 127. The second kappa shape index (κ2) is 12.9. The number of aromatic nitrogens is 2. The number of halogens is 2. The molecule has 0 aliphatic carbocycles. The molecular weight excluding hydrogens is 616 g/mol. The summed E-state index contributed by atoms with van der Waals surface area (Å²) in [5, 5.41) is 22.7. The molecule has 1 amide bonds. The SMILES string of the molecule is C[C@@H](c1ccccc1)[C@@H](C(=O)Nc1ccc(I)cc1F)n1c(O)c(-c2ccc(OCCCCO)cc2)[nH]c1=O. The molecule has 0 aliphatic heterocycles. The number of carbonyl (C=O) groups excluding carboxylic acids is 1. The molecule has 0 saturated heterocycles. The lowest BCUT2D eigenvalue weighted by atomic mass is 9.92. The Morgan fingerprint density at radius 2 is 1.82 bits per heavy atom. The molecule has 0 aliphatic rings. The van der Waals surface area contributed by atoms with Crippen LogP contribution in [0.15, 0.2) is 77.6 Å². The van der Waals surface area contributed by atoms with Crippen LogP contribution in [0.2, 0.25) is 0 Å². The molecule has 4 N–H and O–H groups in total. The zero-order chi connectivity index (χ0) is 27.9. The Labute approximate surface area is 238 Å². The quantitative estimate of drug-likeness (QED) is 0.128. The number of H-pyrrole nitrogens is 1. The number of anilines is 1. The number of aliphatic hydroxyl groups is 1. The van der Waals surface area contributed by atoms with E-state index >= 15 is 0 Å². The molecule has 4 aromatic rings. The molecule has 39 heavy (non-hydrogen) atoms. The topological polar surface area (TPSA) is 117 Å². The minimum Gasteiger partial charge on any atom is -0.494 e. The fourth-order valence-electron chi connectivity index (χ4n) is 4.33. The van der Waals surface area contributed by atoms with E-state index in [1.165, 1.54) is 12.1 Å². The first-order chi connectivity index (χ1) is 18.8. The Balaban J connectivity index is 1.68. The van der Waals surface area contributed by atoms with Crippen LogP contribution in [0.3, 0.4) is 0 Å². The Kier molecular flexibility index (Phi) is 9.41. The van der Waals surface area contributed by atoms with Crippen molar-refractivity contribution in [2.24, 2.45) is 0 Å². The van der Waals surface area contributed by atoms with Crippen molar-refractivity contribution in [3.63, 3.8) is 0 Å². The van der Waals surface area contributed by atoms with Crippen LogP contribution in [0, 0.1) is 9.39 Å². The van der Waals surface area contributed by atoms with E-state index in [1.807, 2.05) is 52.9 Å². The number of hydrogen-bond donors (Lipinski definition) is 4. The molecule has 4 rings (SSSR count). The van der Waals surface area contributed by atoms with Crippen LogP contribution in [-0.4, -0.2) is 38.9 Å². The summed E-state index contributed by atoms with van der Waals surface area (Å²) in [4.78, 5) is 29.5. The van der Waals surface area contributed by atoms with Gasteiger partial charge in [0, 0.05) is 21.7 Å². The Bertz CT molecular complexity index is 1470. The number of ether oxygens (including phenoxy) is 1. The standard InChI is InChI=1S/C29H29FIN3O5/c1-18(19-7-3-2-4-8-19)26(27(36)32-24-14-11-21(31)17-23(24)30)34-28(37)25(33-29(34)38)20-9-12-22(13-10-20)39-16-6-5-15-35/h2-4,7-14,17-18,26,35,37H,5-6,15-16H2,1H3,(H,32,36)(H,33,38)/t18-,26-/m0/s1. The molecule has 8 nitrogen and oxygen atoms in total. The van der Waals surface area contributed by atoms with Gasteiger partial charge in [-0.1, -0.05) is 37.3 Å². The minimum atomic E-state index is -1.20. The van der Waals surface area contributed by atoms with Crippen LogP contribution >= 0.6 is 22.6 Å². The average molecular weight is 645 g/mol. The van der Waals surface area contributed by atoms with Crippen molar-refractivity contribution >= 4 is 34.2 Å². The van der Waals surface area contributed by atoms with Crippen molar-refractivity contribution < 1.29 is 24.1 Å². The number of nitrogens with zero attached hydrogens (tertiary/aromatic N) is 1. The van der Waals surface area contributed by atoms with Gasteiger partial charge in [-0.25, -0.2) is 13.8 Å². The van der Waals surface area contributed by atoms with Gasteiger partial charge in [0.2, 0.25) is 11.8 Å². The first-order valence-electron chi connectivity index (χ1n) is 12.5. The minimum absolute atomic E-state index is 0.0245. The number of unbranched alkanes of at least 4 members (excludes halogenated alkanes) is 1. The number of aromatic hydroxyl groups is 1. The van der Waals surface area contributed by atoms with Gasteiger partial charge in [-0.2, -0.15) is 0 Å². The summed E-state index contributed by atoms with van der Waals surface area (Å²) in [5.74, 6) is -1.62. The zero-order valence-electron chi connectivity index (χ0n) is 21.2.